The van der Waals surface area contributed by atoms with Gasteiger partial charge in [-0.25, -0.2) is 4.79 Å². The van der Waals surface area contributed by atoms with E-state index in [4.69, 9.17) is 9.47 Å². The molecule has 0 spiro atoms. The SMILES string of the molecule is COC(=O)NC1CCC(CCN2CCC(c3c[nH]c4ccccc34)CC2)N(C(=O)c2cc3cc(OC)ccc3[nH]2)C1. The number of ether oxygens (including phenoxy) is 2. The van der Waals surface area contributed by atoms with Gasteiger partial charge in [-0.2, -0.15) is 0 Å². The number of aromatic amines is 2. The topological polar surface area (TPSA) is 103 Å². The molecule has 2 aromatic heterocycles. The van der Waals surface area contributed by atoms with Crippen molar-refractivity contribution in [3.63, 3.8) is 0 Å². The Bertz CT molecular complexity index is 1520. The molecule has 0 saturated carbocycles. The smallest absolute Gasteiger partial charge is 0.407 e. The highest BCUT2D eigenvalue weighted by atomic mass is 16.5. The average Bonchev–Trinajstić information content (AvgIpc) is 3.64. The average molecular weight is 558 g/mol. The number of para-hydroxylation sites is 1. The van der Waals surface area contributed by atoms with Crippen LogP contribution in [0.5, 0.6) is 5.75 Å². The van der Waals surface area contributed by atoms with Crippen LogP contribution in [0.25, 0.3) is 21.8 Å². The van der Waals surface area contributed by atoms with Crippen LogP contribution in [0.1, 0.15) is 54.1 Å². The van der Waals surface area contributed by atoms with Crippen molar-refractivity contribution in [1.29, 1.82) is 0 Å². The summed E-state index contributed by atoms with van der Waals surface area (Å²) in [6.45, 7) is 3.52. The van der Waals surface area contributed by atoms with E-state index in [1.165, 1.54) is 23.6 Å². The summed E-state index contributed by atoms with van der Waals surface area (Å²) in [6, 6.07) is 16.1. The normalized spacial score (nSPS) is 20.4. The van der Waals surface area contributed by atoms with Crippen LogP contribution < -0.4 is 10.1 Å². The van der Waals surface area contributed by atoms with E-state index in [9.17, 15) is 9.59 Å². The summed E-state index contributed by atoms with van der Waals surface area (Å²) in [4.78, 5) is 37.0. The number of fused-ring (bicyclic) bond motifs is 2. The standard InChI is InChI=1S/C32H39N5O4/c1-40-25-9-10-28-22(17-25)18-30(35-28)31(38)37-20-23(34-32(39)41-2)7-8-24(37)13-16-36-14-11-21(12-15-36)27-19-33-29-6-4-3-5-26(27)29/h3-6,9-10,17-19,21,23-24,33,35H,7-8,11-16,20H2,1-2H3,(H,34,39). The first-order chi connectivity index (χ1) is 20.0. The number of rotatable bonds is 7. The number of nitrogens with zero attached hydrogens (tertiary/aromatic N) is 2. The number of carbonyl (C=O) groups excluding carboxylic acids is 2. The number of methoxy groups -OCH3 is 2. The van der Waals surface area contributed by atoms with Gasteiger partial charge in [0, 0.05) is 53.2 Å². The lowest BCUT2D eigenvalue weighted by Gasteiger charge is -2.41. The molecule has 2 aliphatic heterocycles. The van der Waals surface area contributed by atoms with Crippen LogP contribution in [0.3, 0.4) is 0 Å². The molecule has 9 heteroatoms. The number of nitrogens with one attached hydrogen (secondary N) is 3. The number of hydrogen-bond acceptors (Lipinski definition) is 5. The van der Waals surface area contributed by atoms with Crippen LogP contribution in [0.15, 0.2) is 54.7 Å². The first kappa shape index (κ1) is 27.2. The number of hydrogen-bond donors (Lipinski definition) is 3. The molecule has 3 N–H and O–H groups in total. The van der Waals surface area contributed by atoms with Crippen molar-refractivity contribution in [1.82, 2.24) is 25.1 Å². The van der Waals surface area contributed by atoms with Gasteiger partial charge in [-0.1, -0.05) is 18.2 Å². The lowest BCUT2D eigenvalue weighted by Crippen LogP contribution is -2.54. The summed E-state index contributed by atoms with van der Waals surface area (Å²) in [5.41, 5.74) is 4.09. The van der Waals surface area contributed by atoms with Crippen molar-refractivity contribution in [3.8, 4) is 5.75 Å². The summed E-state index contributed by atoms with van der Waals surface area (Å²) < 4.78 is 10.2. The molecule has 2 saturated heterocycles. The molecule has 9 nitrogen and oxygen atoms in total. The van der Waals surface area contributed by atoms with Crippen molar-refractivity contribution >= 4 is 33.8 Å². The van der Waals surface area contributed by atoms with Gasteiger partial charge in [-0.3, -0.25) is 4.79 Å². The van der Waals surface area contributed by atoms with Crippen LogP contribution in [-0.4, -0.2) is 84.3 Å². The van der Waals surface area contributed by atoms with Gasteiger partial charge in [-0.05, 0) is 87.0 Å². The van der Waals surface area contributed by atoms with Gasteiger partial charge in [0.25, 0.3) is 5.91 Å². The molecule has 0 radical (unpaired) electrons. The zero-order chi connectivity index (χ0) is 28.3. The van der Waals surface area contributed by atoms with Gasteiger partial charge in [-0.15, -0.1) is 0 Å². The van der Waals surface area contributed by atoms with Crippen LogP contribution >= 0.6 is 0 Å². The van der Waals surface area contributed by atoms with E-state index >= 15 is 0 Å². The number of aromatic nitrogens is 2. The molecule has 41 heavy (non-hydrogen) atoms. The maximum atomic E-state index is 13.9. The molecule has 0 aliphatic carbocycles. The molecule has 2 atom stereocenters. The van der Waals surface area contributed by atoms with E-state index in [2.05, 4.69) is 50.6 Å². The zero-order valence-corrected chi connectivity index (χ0v) is 23.8. The Morgan fingerprint density at radius 1 is 1.00 bits per heavy atom. The largest absolute Gasteiger partial charge is 0.497 e. The Morgan fingerprint density at radius 3 is 2.63 bits per heavy atom. The summed E-state index contributed by atoms with van der Waals surface area (Å²) in [7, 11) is 3.00. The number of benzene rings is 2. The van der Waals surface area contributed by atoms with Gasteiger partial charge in [0.05, 0.1) is 14.2 Å². The number of alkyl carbamates (subject to hydrolysis) is 1. The molecule has 2 unspecified atom stereocenters. The molecule has 0 bridgehead atoms. The fraction of sp³-hybridized carbons (Fsp3) is 0.438. The van der Waals surface area contributed by atoms with E-state index < -0.39 is 6.09 Å². The lowest BCUT2D eigenvalue weighted by molar-refractivity contribution is 0.0517. The highest BCUT2D eigenvalue weighted by Gasteiger charge is 2.34. The highest BCUT2D eigenvalue weighted by Crippen LogP contribution is 2.33. The third-order valence-electron chi connectivity index (χ3n) is 8.96. The summed E-state index contributed by atoms with van der Waals surface area (Å²) in [6.07, 6.45) is 6.56. The van der Waals surface area contributed by atoms with Gasteiger partial charge in [0.15, 0.2) is 0 Å². The molecule has 4 heterocycles. The number of piperidine rings is 2. The summed E-state index contributed by atoms with van der Waals surface area (Å²) in [5, 5.41) is 5.18. The molecule has 2 amide bonds. The van der Waals surface area contributed by atoms with Crippen molar-refractivity contribution < 1.29 is 19.1 Å². The fourth-order valence-electron chi connectivity index (χ4n) is 6.66. The minimum atomic E-state index is -0.461. The van der Waals surface area contributed by atoms with Gasteiger partial charge in [0.2, 0.25) is 0 Å². The minimum Gasteiger partial charge on any atom is -0.497 e. The third kappa shape index (κ3) is 5.77. The van der Waals surface area contributed by atoms with Crippen molar-refractivity contribution in [2.24, 2.45) is 0 Å². The lowest BCUT2D eigenvalue weighted by atomic mass is 9.89. The van der Waals surface area contributed by atoms with Gasteiger partial charge in [0.1, 0.15) is 11.4 Å². The van der Waals surface area contributed by atoms with Crippen molar-refractivity contribution in [2.75, 3.05) is 40.4 Å². The minimum absolute atomic E-state index is 0.0421. The molecule has 2 fully saturated rings. The number of H-pyrrole nitrogens is 2. The van der Waals surface area contributed by atoms with Crippen molar-refractivity contribution in [2.45, 2.75) is 50.1 Å². The molecule has 4 aromatic rings. The number of amides is 2. The molecular formula is C32H39N5O4. The molecule has 2 aromatic carbocycles. The van der Waals surface area contributed by atoms with E-state index in [1.54, 1.807) is 7.11 Å². The quantitative estimate of drug-likeness (QED) is 0.288. The Hall–Kier alpha value is -3.98. The third-order valence-corrected chi connectivity index (χ3v) is 8.96. The number of likely N-dealkylation sites (tertiary alicyclic amines) is 2. The number of carbonyl (C=O) groups is 2. The Kier molecular flexibility index (Phi) is 7.87. The Balaban J connectivity index is 1.12. The molecule has 2 aliphatic rings. The first-order valence-electron chi connectivity index (χ1n) is 14.6. The molecular weight excluding hydrogens is 518 g/mol. The van der Waals surface area contributed by atoms with E-state index in [-0.39, 0.29) is 18.0 Å². The van der Waals surface area contributed by atoms with Crippen molar-refractivity contribution in [3.05, 3.63) is 66.0 Å². The summed E-state index contributed by atoms with van der Waals surface area (Å²) >= 11 is 0. The predicted molar refractivity (Wildman–Crippen MR) is 160 cm³/mol. The Morgan fingerprint density at radius 2 is 1.83 bits per heavy atom. The predicted octanol–water partition coefficient (Wildman–Crippen LogP) is 5.26. The van der Waals surface area contributed by atoms with Gasteiger partial charge >= 0.3 is 6.09 Å². The molecule has 216 valence electrons. The van der Waals surface area contributed by atoms with Crippen LogP contribution in [0.4, 0.5) is 4.79 Å². The zero-order valence-electron chi connectivity index (χ0n) is 23.8. The van der Waals surface area contributed by atoms with E-state index in [0.717, 1.165) is 68.4 Å². The monoisotopic (exact) mass is 557 g/mol. The summed E-state index contributed by atoms with van der Waals surface area (Å²) in [5.74, 6) is 1.28. The Labute approximate surface area is 240 Å². The van der Waals surface area contributed by atoms with Gasteiger partial charge < -0.3 is 34.6 Å². The second-order valence-electron chi connectivity index (χ2n) is 11.4. The van der Waals surface area contributed by atoms with E-state index in [1.807, 2.05) is 29.2 Å². The highest BCUT2D eigenvalue weighted by molar-refractivity contribution is 5.98. The van der Waals surface area contributed by atoms with E-state index in [0.29, 0.717) is 18.2 Å². The maximum absolute atomic E-state index is 13.9. The van der Waals surface area contributed by atoms with Crippen LogP contribution in [0.2, 0.25) is 0 Å². The second-order valence-corrected chi connectivity index (χ2v) is 11.4. The van der Waals surface area contributed by atoms with Crippen LogP contribution in [0, 0.1) is 0 Å². The molecule has 6 rings (SSSR count). The fourth-order valence-corrected chi connectivity index (χ4v) is 6.66. The first-order valence-corrected chi connectivity index (χ1v) is 14.6. The maximum Gasteiger partial charge on any atom is 0.407 e. The second kappa shape index (κ2) is 11.9. The van der Waals surface area contributed by atoms with Crippen LogP contribution in [-0.2, 0) is 4.74 Å².